The smallest absolute Gasteiger partial charge is 0.236 e. The van der Waals surface area contributed by atoms with Crippen LogP contribution in [0.4, 0.5) is 0 Å². The minimum absolute atomic E-state index is 0.0735. The number of nitrogens with one attached hydrogen (secondary N) is 2. The Hall–Kier alpha value is -0.610. The molecule has 1 fully saturated rings. The molecule has 1 amide bonds. The van der Waals surface area contributed by atoms with E-state index >= 15 is 0 Å². The van der Waals surface area contributed by atoms with E-state index < -0.39 is 0 Å². The van der Waals surface area contributed by atoms with Crippen LogP contribution in [0.2, 0.25) is 0 Å². The minimum Gasteiger partial charge on any atom is -0.378 e. The molecule has 0 saturated carbocycles. The molecule has 0 spiro atoms. The van der Waals surface area contributed by atoms with Gasteiger partial charge in [-0.05, 0) is 31.6 Å². The number of carbonyl (C=O) groups is 1. The first kappa shape index (κ1) is 15.4. The predicted octanol–water partition coefficient (Wildman–Crippen LogP) is 1.69. The van der Waals surface area contributed by atoms with Crippen LogP contribution in [0.1, 0.15) is 46.5 Å². The van der Waals surface area contributed by atoms with Gasteiger partial charge < -0.3 is 15.4 Å². The zero-order chi connectivity index (χ0) is 13.5. The van der Waals surface area contributed by atoms with E-state index in [4.69, 9.17) is 4.74 Å². The van der Waals surface area contributed by atoms with Gasteiger partial charge in [0.1, 0.15) is 0 Å². The molecule has 4 nitrogen and oxygen atoms in total. The van der Waals surface area contributed by atoms with E-state index in [2.05, 4.69) is 31.4 Å². The normalized spacial score (nSPS) is 26.1. The van der Waals surface area contributed by atoms with Crippen LogP contribution in [-0.4, -0.2) is 37.7 Å². The molecule has 1 aliphatic heterocycles. The highest BCUT2D eigenvalue weighted by Gasteiger charge is 2.26. The van der Waals surface area contributed by atoms with Crippen molar-refractivity contribution in [1.29, 1.82) is 0 Å². The Morgan fingerprint density at radius 2 is 2.17 bits per heavy atom. The van der Waals surface area contributed by atoms with Gasteiger partial charge in [-0.2, -0.15) is 0 Å². The van der Waals surface area contributed by atoms with Gasteiger partial charge in [0.25, 0.3) is 0 Å². The summed E-state index contributed by atoms with van der Waals surface area (Å²) >= 11 is 0. The molecule has 18 heavy (non-hydrogen) atoms. The molecule has 1 rings (SSSR count). The fourth-order valence-corrected chi connectivity index (χ4v) is 2.50. The third-order valence-corrected chi connectivity index (χ3v) is 3.53. The first-order valence-corrected chi connectivity index (χ1v) is 7.16. The number of hydrogen-bond donors (Lipinski definition) is 2. The van der Waals surface area contributed by atoms with Crippen LogP contribution in [-0.2, 0) is 9.53 Å². The Morgan fingerprint density at radius 1 is 1.44 bits per heavy atom. The third-order valence-electron chi connectivity index (χ3n) is 3.53. The van der Waals surface area contributed by atoms with Gasteiger partial charge in [-0.15, -0.1) is 0 Å². The van der Waals surface area contributed by atoms with Gasteiger partial charge >= 0.3 is 0 Å². The van der Waals surface area contributed by atoms with E-state index in [1.165, 1.54) is 0 Å². The van der Waals surface area contributed by atoms with Crippen molar-refractivity contribution in [1.82, 2.24) is 10.6 Å². The Balaban J connectivity index is 2.51. The summed E-state index contributed by atoms with van der Waals surface area (Å²) in [5.74, 6) is 0.616. The van der Waals surface area contributed by atoms with Crippen molar-refractivity contribution in [3.05, 3.63) is 0 Å². The van der Waals surface area contributed by atoms with E-state index in [1.54, 1.807) is 7.05 Å². The monoisotopic (exact) mass is 256 g/mol. The zero-order valence-electron chi connectivity index (χ0n) is 12.2. The van der Waals surface area contributed by atoms with Gasteiger partial charge in [0, 0.05) is 19.7 Å². The van der Waals surface area contributed by atoms with Crippen molar-refractivity contribution in [3.8, 4) is 0 Å². The number of rotatable bonds is 6. The van der Waals surface area contributed by atoms with Crippen LogP contribution in [0.5, 0.6) is 0 Å². The standard InChI is InChI=1S/C14H28N2O2/c1-5-12-9-11(6-7-18-12)16-13(8-10(2)3)14(17)15-4/h10-13,16H,5-9H2,1-4H3,(H,15,17). The average Bonchev–Trinajstić information content (AvgIpc) is 2.36. The number of ether oxygens (including phenoxy) is 1. The van der Waals surface area contributed by atoms with Gasteiger partial charge in [-0.25, -0.2) is 0 Å². The molecule has 0 aromatic heterocycles. The molecule has 4 heteroatoms. The topological polar surface area (TPSA) is 50.4 Å². The molecule has 0 bridgehead atoms. The maximum atomic E-state index is 11.9. The molecular weight excluding hydrogens is 228 g/mol. The van der Waals surface area contributed by atoms with Crippen LogP contribution in [0.15, 0.2) is 0 Å². The van der Waals surface area contributed by atoms with Gasteiger partial charge in [-0.1, -0.05) is 20.8 Å². The summed E-state index contributed by atoms with van der Waals surface area (Å²) in [6, 6.07) is 0.334. The maximum Gasteiger partial charge on any atom is 0.236 e. The lowest BCUT2D eigenvalue weighted by atomic mass is 9.97. The molecule has 0 aromatic rings. The summed E-state index contributed by atoms with van der Waals surface area (Å²) < 4.78 is 5.67. The third kappa shape index (κ3) is 4.94. The van der Waals surface area contributed by atoms with E-state index in [-0.39, 0.29) is 11.9 Å². The van der Waals surface area contributed by atoms with Crippen LogP contribution >= 0.6 is 0 Å². The molecule has 106 valence electrons. The summed E-state index contributed by atoms with van der Waals surface area (Å²) in [4.78, 5) is 11.9. The number of amides is 1. The molecule has 1 saturated heterocycles. The van der Waals surface area contributed by atoms with Crippen molar-refractivity contribution < 1.29 is 9.53 Å². The van der Waals surface area contributed by atoms with E-state index in [1.807, 2.05) is 0 Å². The van der Waals surface area contributed by atoms with Crippen molar-refractivity contribution in [3.63, 3.8) is 0 Å². The Morgan fingerprint density at radius 3 is 2.72 bits per heavy atom. The Kier molecular flexibility index (Phi) is 6.65. The highest BCUT2D eigenvalue weighted by Crippen LogP contribution is 2.18. The SMILES string of the molecule is CCC1CC(NC(CC(C)C)C(=O)NC)CCO1. The van der Waals surface area contributed by atoms with E-state index in [0.29, 0.717) is 18.1 Å². The number of carbonyl (C=O) groups excluding carboxylic acids is 1. The van der Waals surface area contributed by atoms with Crippen LogP contribution in [0.25, 0.3) is 0 Å². The van der Waals surface area contributed by atoms with Crippen molar-refractivity contribution in [2.24, 2.45) is 5.92 Å². The number of hydrogen-bond acceptors (Lipinski definition) is 3. The van der Waals surface area contributed by atoms with Gasteiger partial charge in [-0.3, -0.25) is 4.79 Å². The molecule has 1 aliphatic rings. The summed E-state index contributed by atoms with van der Waals surface area (Å²) in [6.07, 6.45) is 4.30. The zero-order valence-corrected chi connectivity index (χ0v) is 12.2. The fourth-order valence-electron chi connectivity index (χ4n) is 2.50. The van der Waals surface area contributed by atoms with Crippen molar-refractivity contribution >= 4 is 5.91 Å². The van der Waals surface area contributed by atoms with Crippen LogP contribution in [0.3, 0.4) is 0 Å². The maximum absolute atomic E-state index is 11.9. The van der Waals surface area contributed by atoms with Crippen LogP contribution < -0.4 is 10.6 Å². The first-order chi connectivity index (χ1) is 8.56. The second-order valence-corrected chi connectivity index (χ2v) is 5.59. The largest absolute Gasteiger partial charge is 0.378 e. The van der Waals surface area contributed by atoms with Gasteiger partial charge in [0.05, 0.1) is 12.1 Å². The predicted molar refractivity (Wildman–Crippen MR) is 73.5 cm³/mol. The summed E-state index contributed by atoms with van der Waals surface area (Å²) in [5.41, 5.74) is 0. The summed E-state index contributed by atoms with van der Waals surface area (Å²) in [5, 5.41) is 6.26. The van der Waals surface area contributed by atoms with Crippen LogP contribution in [0, 0.1) is 5.92 Å². The molecule has 0 aromatic carbocycles. The van der Waals surface area contributed by atoms with E-state index in [9.17, 15) is 4.79 Å². The molecular formula is C14H28N2O2. The lowest BCUT2D eigenvalue weighted by Crippen LogP contribution is -2.50. The van der Waals surface area contributed by atoms with Crippen molar-refractivity contribution in [2.45, 2.75) is 64.6 Å². The van der Waals surface area contributed by atoms with E-state index in [0.717, 1.165) is 32.3 Å². The Labute approximate surface area is 111 Å². The lowest BCUT2D eigenvalue weighted by Gasteiger charge is -2.32. The highest BCUT2D eigenvalue weighted by molar-refractivity contribution is 5.81. The average molecular weight is 256 g/mol. The van der Waals surface area contributed by atoms with Gasteiger partial charge in [0.2, 0.25) is 5.91 Å². The fraction of sp³-hybridized carbons (Fsp3) is 0.929. The van der Waals surface area contributed by atoms with Gasteiger partial charge in [0.15, 0.2) is 0 Å². The molecule has 0 radical (unpaired) electrons. The second-order valence-electron chi connectivity index (χ2n) is 5.59. The lowest BCUT2D eigenvalue weighted by molar-refractivity contribution is -0.123. The number of likely N-dealkylation sites (N-methyl/N-ethyl adjacent to an activating group) is 1. The summed E-state index contributed by atoms with van der Waals surface area (Å²) in [6.45, 7) is 7.25. The quantitative estimate of drug-likeness (QED) is 0.760. The molecule has 0 aliphatic carbocycles. The second kappa shape index (κ2) is 7.74. The Bertz CT molecular complexity index is 256. The minimum atomic E-state index is -0.0735. The molecule has 2 N–H and O–H groups in total. The van der Waals surface area contributed by atoms with Crippen molar-refractivity contribution in [2.75, 3.05) is 13.7 Å². The summed E-state index contributed by atoms with van der Waals surface area (Å²) in [7, 11) is 1.70. The first-order valence-electron chi connectivity index (χ1n) is 7.16. The molecule has 3 atom stereocenters. The molecule has 3 unspecified atom stereocenters. The molecule has 1 heterocycles. The highest BCUT2D eigenvalue weighted by atomic mass is 16.5.